The van der Waals surface area contributed by atoms with Gasteiger partial charge in [0.25, 0.3) is 0 Å². The number of rotatable bonds is 5. The van der Waals surface area contributed by atoms with Crippen molar-refractivity contribution < 1.29 is 39.4 Å². The molecule has 8 heteroatoms. The lowest BCUT2D eigenvalue weighted by Crippen LogP contribution is -2.60. The lowest BCUT2D eigenvalue weighted by molar-refractivity contribution is -0.301. The lowest BCUT2D eigenvalue weighted by atomic mass is 9.99. The maximum absolute atomic E-state index is 10.4. The van der Waals surface area contributed by atoms with Gasteiger partial charge in [0.1, 0.15) is 31.0 Å². The van der Waals surface area contributed by atoms with E-state index < -0.39 is 49.9 Å². The number of hydrogen-bond acceptors (Lipinski definition) is 7. The largest absolute Gasteiger partial charge is 0.480 e. The molecule has 5 atom stereocenters. The number of carboxylic acids is 1. The Bertz CT molecular complexity index is 241. The van der Waals surface area contributed by atoms with E-state index in [1.807, 2.05) is 0 Å². The zero-order valence-electron chi connectivity index (χ0n) is 9.22. The fourth-order valence-electron chi connectivity index (χ4n) is 1.61. The third-order valence-corrected chi connectivity index (χ3v) is 2.45. The fraction of sp³-hybridized carbons (Fsp3) is 0.889. The number of aliphatic hydroxyl groups is 3. The second-order valence-corrected chi connectivity index (χ2v) is 3.61. The Balaban J connectivity index is 2.70. The van der Waals surface area contributed by atoms with Crippen LogP contribution in [0, 0.1) is 0 Å². The Hall–Kier alpha value is -0.770. The third-order valence-electron chi connectivity index (χ3n) is 2.45. The molecule has 0 spiro atoms. The highest BCUT2D eigenvalue weighted by atomic mass is 16.7. The summed E-state index contributed by atoms with van der Waals surface area (Å²) < 4.78 is 14.7. The van der Waals surface area contributed by atoms with Crippen molar-refractivity contribution in [2.24, 2.45) is 0 Å². The molecule has 0 aromatic rings. The standard InChI is InChI=1S/C9H16O8/c1-15-9-7(14)8(16-3-5(11)12)6(13)4(2-10)17-9/h4,6-10,13-14H,2-3H2,1H3,(H,11,12)/t4-,6+,7-,8+,9?/m1/s1. The van der Waals surface area contributed by atoms with Crippen molar-refractivity contribution in [3.05, 3.63) is 0 Å². The van der Waals surface area contributed by atoms with Gasteiger partial charge in [0, 0.05) is 7.11 Å². The first-order chi connectivity index (χ1) is 8.01. The summed E-state index contributed by atoms with van der Waals surface area (Å²) in [6.45, 7) is -1.17. The Kier molecular flexibility index (Phi) is 5.25. The Labute approximate surface area is 97.3 Å². The van der Waals surface area contributed by atoms with Crippen LogP contribution >= 0.6 is 0 Å². The molecular weight excluding hydrogens is 236 g/mol. The molecule has 0 aliphatic carbocycles. The van der Waals surface area contributed by atoms with Crippen LogP contribution in [0.2, 0.25) is 0 Å². The van der Waals surface area contributed by atoms with E-state index in [0.29, 0.717) is 0 Å². The topological polar surface area (TPSA) is 126 Å². The van der Waals surface area contributed by atoms with Crippen molar-refractivity contribution in [2.75, 3.05) is 20.3 Å². The van der Waals surface area contributed by atoms with Crippen molar-refractivity contribution in [1.82, 2.24) is 0 Å². The van der Waals surface area contributed by atoms with Crippen molar-refractivity contribution in [2.45, 2.75) is 30.7 Å². The molecule has 1 aliphatic rings. The Morgan fingerprint density at radius 2 is 2.00 bits per heavy atom. The summed E-state index contributed by atoms with van der Waals surface area (Å²) in [5.74, 6) is -1.23. The van der Waals surface area contributed by atoms with Gasteiger partial charge in [0.15, 0.2) is 6.29 Å². The van der Waals surface area contributed by atoms with Crippen LogP contribution in [0.3, 0.4) is 0 Å². The highest BCUT2D eigenvalue weighted by Crippen LogP contribution is 2.23. The summed E-state index contributed by atoms with van der Waals surface area (Å²) in [4.78, 5) is 10.4. The van der Waals surface area contributed by atoms with Gasteiger partial charge in [-0.2, -0.15) is 0 Å². The molecule has 1 unspecified atom stereocenters. The number of carboxylic acid groups (broad SMARTS) is 1. The van der Waals surface area contributed by atoms with Crippen molar-refractivity contribution in [3.63, 3.8) is 0 Å². The van der Waals surface area contributed by atoms with Gasteiger partial charge in [-0.15, -0.1) is 0 Å². The number of ether oxygens (including phenoxy) is 3. The van der Waals surface area contributed by atoms with E-state index in [1.165, 1.54) is 7.11 Å². The second-order valence-electron chi connectivity index (χ2n) is 3.61. The van der Waals surface area contributed by atoms with E-state index in [0.717, 1.165) is 0 Å². The Morgan fingerprint density at radius 3 is 2.47 bits per heavy atom. The van der Waals surface area contributed by atoms with E-state index in [1.54, 1.807) is 0 Å². The minimum absolute atomic E-state index is 0.499. The predicted octanol–water partition coefficient (Wildman–Crippen LogP) is -2.46. The van der Waals surface area contributed by atoms with Gasteiger partial charge in [0.05, 0.1) is 6.61 Å². The van der Waals surface area contributed by atoms with Crippen LogP contribution in [0.1, 0.15) is 0 Å². The fourth-order valence-corrected chi connectivity index (χ4v) is 1.61. The minimum Gasteiger partial charge on any atom is -0.480 e. The highest BCUT2D eigenvalue weighted by Gasteiger charge is 2.45. The first kappa shape index (κ1) is 14.3. The summed E-state index contributed by atoms with van der Waals surface area (Å²) in [5, 5.41) is 36.8. The monoisotopic (exact) mass is 252 g/mol. The quantitative estimate of drug-likeness (QED) is 0.424. The number of aliphatic carboxylic acids is 1. The van der Waals surface area contributed by atoms with Crippen LogP contribution in [0.25, 0.3) is 0 Å². The van der Waals surface area contributed by atoms with E-state index in [4.69, 9.17) is 24.4 Å². The minimum atomic E-state index is -1.34. The smallest absolute Gasteiger partial charge is 0.329 e. The van der Waals surface area contributed by atoms with Crippen LogP contribution in [-0.2, 0) is 19.0 Å². The van der Waals surface area contributed by atoms with E-state index in [-0.39, 0.29) is 0 Å². The van der Waals surface area contributed by atoms with Gasteiger partial charge >= 0.3 is 5.97 Å². The molecular formula is C9H16O8. The molecule has 0 saturated carbocycles. The highest BCUT2D eigenvalue weighted by molar-refractivity contribution is 5.68. The molecule has 100 valence electrons. The summed E-state index contributed by atoms with van der Waals surface area (Å²) in [6, 6.07) is 0. The van der Waals surface area contributed by atoms with Gasteiger partial charge in [-0.3, -0.25) is 0 Å². The Morgan fingerprint density at radius 1 is 1.35 bits per heavy atom. The number of aliphatic hydroxyl groups excluding tert-OH is 3. The van der Waals surface area contributed by atoms with E-state index in [2.05, 4.69) is 0 Å². The van der Waals surface area contributed by atoms with Crippen LogP contribution in [-0.4, -0.2) is 77.4 Å². The first-order valence-corrected chi connectivity index (χ1v) is 5.00. The molecule has 1 saturated heterocycles. The van der Waals surface area contributed by atoms with Crippen LogP contribution in [0.4, 0.5) is 0 Å². The molecule has 0 aromatic carbocycles. The molecule has 0 aromatic heterocycles. The van der Waals surface area contributed by atoms with E-state index in [9.17, 15) is 15.0 Å². The summed E-state index contributed by atoms with van der Waals surface area (Å²) >= 11 is 0. The third kappa shape index (κ3) is 3.35. The van der Waals surface area contributed by atoms with Gasteiger partial charge in [-0.05, 0) is 0 Å². The van der Waals surface area contributed by atoms with Gasteiger partial charge in [-0.1, -0.05) is 0 Å². The van der Waals surface area contributed by atoms with Gasteiger partial charge in [-0.25, -0.2) is 4.79 Å². The van der Waals surface area contributed by atoms with Crippen LogP contribution in [0.15, 0.2) is 0 Å². The van der Waals surface area contributed by atoms with E-state index >= 15 is 0 Å². The molecule has 1 heterocycles. The maximum Gasteiger partial charge on any atom is 0.329 e. The molecule has 0 amide bonds. The number of hydrogen-bond donors (Lipinski definition) is 4. The van der Waals surface area contributed by atoms with Gasteiger partial charge in [0.2, 0.25) is 0 Å². The van der Waals surface area contributed by atoms with Crippen molar-refractivity contribution in [1.29, 1.82) is 0 Å². The zero-order chi connectivity index (χ0) is 13.0. The van der Waals surface area contributed by atoms with Crippen molar-refractivity contribution >= 4 is 5.97 Å². The molecule has 1 fully saturated rings. The lowest BCUT2D eigenvalue weighted by Gasteiger charge is -2.40. The van der Waals surface area contributed by atoms with Crippen LogP contribution in [0.5, 0.6) is 0 Å². The number of methoxy groups -OCH3 is 1. The number of carbonyl (C=O) groups is 1. The summed E-state index contributed by atoms with van der Waals surface area (Å²) in [5.41, 5.74) is 0. The molecule has 1 aliphatic heterocycles. The summed E-state index contributed by atoms with van der Waals surface area (Å²) in [6.07, 6.45) is -5.95. The zero-order valence-corrected chi connectivity index (χ0v) is 9.22. The van der Waals surface area contributed by atoms with Crippen molar-refractivity contribution in [3.8, 4) is 0 Å². The molecule has 4 N–H and O–H groups in total. The van der Waals surface area contributed by atoms with Crippen LogP contribution < -0.4 is 0 Å². The average Bonchev–Trinajstić information content (AvgIpc) is 2.29. The normalized spacial score (nSPS) is 38.0. The SMILES string of the molecule is COC1O[C@H](CO)[C@H](O)[C@H](OCC(=O)O)[C@H]1O. The predicted molar refractivity (Wildman–Crippen MR) is 52.1 cm³/mol. The maximum atomic E-state index is 10.4. The molecule has 0 radical (unpaired) electrons. The molecule has 17 heavy (non-hydrogen) atoms. The second kappa shape index (κ2) is 6.24. The average molecular weight is 252 g/mol. The molecule has 0 bridgehead atoms. The first-order valence-electron chi connectivity index (χ1n) is 5.00. The molecule has 8 nitrogen and oxygen atoms in total. The molecule has 1 rings (SSSR count). The van der Waals surface area contributed by atoms with Gasteiger partial charge < -0.3 is 34.6 Å². The summed E-state index contributed by atoms with van der Waals surface area (Å²) in [7, 11) is 1.27.